The van der Waals surface area contributed by atoms with Crippen LogP contribution >= 0.6 is 24.0 Å². The fraction of sp³-hybridized carbons (Fsp3) is 0.500. The third-order valence-electron chi connectivity index (χ3n) is 3.29. The topological polar surface area (TPSA) is 65.8 Å². The lowest BCUT2D eigenvalue weighted by Crippen LogP contribution is -2.55. The van der Waals surface area contributed by atoms with Crippen molar-refractivity contribution in [3.63, 3.8) is 0 Å². The smallest absolute Gasteiger partial charge is 0.246 e. The Morgan fingerprint density at radius 2 is 2.32 bits per heavy atom. The van der Waals surface area contributed by atoms with Crippen molar-refractivity contribution in [1.29, 1.82) is 0 Å². The summed E-state index contributed by atoms with van der Waals surface area (Å²) in [6.07, 6.45) is 9.40. The minimum absolute atomic E-state index is 0. The number of nitrogens with zero attached hydrogens (tertiary/aromatic N) is 5. The molecule has 1 aromatic heterocycles. The zero-order valence-electron chi connectivity index (χ0n) is 12.8. The molecule has 0 spiro atoms. The van der Waals surface area contributed by atoms with Gasteiger partial charge in [0.15, 0.2) is 5.96 Å². The highest BCUT2D eigenvalue weighted by molar-refractivity contribution is 14.0. The number of guanidine groups is 1. The molecule has 0 aliphatic carbocycles. The molecule has 1 amide bonds. The van der Waals surface area contributed by atoms with Crippen LogP contribution in [0.3, 0.4) is 0 Å². The number of halogens is 1. The van der Waals surface area contributed by atoms with Crippen molar-refractivity contribution in [1.82, 2.24) is 20.0 Å². The van der Waals surface area contributed by atoms with Gasteiger partial charge in [0.2, 0.25) is 5.91 Å². The Labute approximate surface area is 147 Å². The number of aromatic nitrogens is 2. The number of aryl methyl sites for hydroxylation is 1. The fourth-order valence-electron chi connectivity index (χ4n) is 2.25. The molecule has 2 heterocycles. The minimum atomic E-state index is 0. The first-order valence-corrected chi connectivity index (χ1v) is 6.83. The molecular weight excluding hydrogens is 395 g/mol. The van der Waals surface area contributed by atoms with Gasteiger partial charge >= 0.3 is 0 Å². The summed E-state index contributed by atoms with van der Waals surface area (Å²) in [6.45, 7) is 2.28. The number of nitrogens with one attached hydrogen (secondary N) is 1. The molecule has 1 aromatic rings. The van der Waals surface area contributed by atoms with E-state index in [1.165, 1.54) is 0 Å². The van der Waals surface area contributed by atoms with E-state index in [2.05, 4.69) is 21.3 Å². The number of terminal acetylenes is 1. The molecule has 1 aliphatic heterocycles. The van der Waals surface area contributed by atoms with Crippen LogP contribution in [-0.2, 0) is 11.8 Å². The molecule has 22 heavy (non-hydrogen) atoms. The van der Waals surface area contributed by atoms with Crippen molar-refractivity contribution in [3.8, 4) is 12.3 Å². The van der Waals surface area contributed by atoms with Crippen LogP contribution in [0.5, 0.6) is 0 Å². The Morgan fingerprint density at radius 1 is 1.55 bits per heavy atom. The maximum absolute atomic E-state index is 12.3. The van der Waals surface area contributed by atoms with Crippen LogP contribution < -0.4 is 10.2 Å². The van der Waals surface area contributed by atoms with E-state index in [9.17, 15) is 4.79 Å². The maximum Gasteiger partial charge on any atom is 0.246 e. The second-order valence-electron chi connectivity index (χ2n) is 4.77. The number of hydrogen-bond acceptors (Lipinski definition) is 3. The van der Waals surface area contributed by atoms with E-state index in [1.54, 1.807) is 22.8 Å². The highest BCUT2D eigenvalue weighted by atomic mass is 127. The second kappa shape index (κ2) is 8.63. The fourth-order valence-corrected chi connectivity index (χ4v) is 2.25. The summed E-state index contributed by atoms with van der Waals surface area (Å²) < 4.78 is 1.69. The van der Waals surface area contributed by atoms with Gasteiger partial charge in [0.05, 0.1) is 11.9 Å². The first-order chi connectivity index (χ1) is 10.2. The first kappa shape index (κ1) is 18.3. The molecule has 0 saturated carbocycles. The lowest BCUT2D eigenvalue weighted by atomic mass is 10.3. The summed E-state index contributed by atoms with van der Waals surface area (Å²) in [5.74, 6) is 3.32. The van der Waals surface area contributed by atoms with Crippen LogP contribution in [0.2, 0.25) is 0 Å². The molecule has 0 unspecified atom stereocenters. The van der Waals surface area contributed by atoms with Gasteiger partial charge in [-0.05, 0) is 0 Å². The standard InChI is InChI=1S/C14H20N6O.HI/c1-4-5-6-16-14(15-2)19-7-8-20(13(21)11-19)12-9-17-18(3)10-12;/h1,9-10H,5-8,11H2,2-3H3,(H,15,16);1H. The minimum Gasteiger partial charge on any atom is -0.355 e. The molecule has 0 bridgehead atoms. The van der Waals surface area contributed by atoms with Crippen molar-refractivity contribution in [2.24, 2.45) is 12.0 Å². The van der Waals surface area contributed by atoms with Crippen LogP contribution in [-0.4, -0.2) is 59.8 Å². The molecular formula is C14H21IN6O. The molecule has 8 heteroatoms. The maximum atomic E-state index is 12.3. The average molecular weight is 416 g/mol. The van der Waals surface area contributed by atoms with E-state index in [4.69, 9.17) is 6.42 Å². The summed E-state index contributed by atoms with van der Waals surface area (Å²) in [4.78, 5) is 20.2. The van der Waals surface area contributed by atoms with Gasteiger partial charge in [-0.1, -0.05) is 0 Å². The summed E-state index contributed by atoms with van der Waals surface area (Å²) in [5.41, 5.74) is 0.831. The average Bonchev–Trinajstić information content (AvgIpc) is 2.90. The van der Waals surface area contributed by atoms with Crippen LogP contribution in [0.15, 0.2) is 17.4 Å². The van der Waals surface area contributed by atoms with Gasteiger partial charge in [0.25, 0.3) is 0 Å². The monoisotopic (exact) mass is 416 g/mol. The van der Waals surface area contributed by atoms with Gasteiger partial charge in [-0.15, -0.1) is 36.3 Å². The van der Waals surface area contributed by atoms with Gasteiger partial charge in [0, 0.05) is 46.3 Å². The number of amides is 1. The number of rotatable bonds is 3. The number of carbonyl (C=O) groups is 1. The summed E-state index contributed by atoms with van der Waals surface area (Å²) in [7, 11) is 3.54. The zero-order valence-corrected chi connectivity index (χ0v) is 15.2. The van der Waals surface area contributed by atoms with E-state index in [0.717, 1.165) is 12.2 Å². The van der Waals surface area contributed by atoms with Crippen LogP contribution in [0, 0.1) is 12.3 Å². The predicted molar refractivity (Wildman–Crippen MR) is 97.4 cm³/mol. The largest absolute Gasteiger partial charge is 0.355 e. The Morgan fingerprint density at radius 3 is 2.86 bits per heavy atom. The van der Waals surface area contributed by atoms with Crippen LogP contribution in [0.1, 0.15) is 6.42 Å². The highest BCUT2D eigenvalue weighted by Gasteiger charge is 2.27. The van der Waals surface area contributed by atoms with Crippen molar-refractivity contribution < 1.29 is 4.79 Å². The first-order valence-electron chi connectivity index (χ1n) is 6.83. The van der Waals surface area contributed by atoms with Crippen molar-refractivity contribution in [2.45, 2.75) is 6.42 Å². The lowest BCUT2D eigenvalue weighted by Gasteiger charge is -2.35. The van der Waals surface area contributed by atoms with Gasteiger partial charge in [-0.2, -0.15) is 5.10 Å². The van der Waals surface area contributed by atoms with E-state index in [1.807, 2.05) is 18.1 Å². The number of carbonyl (C=O) groups excluding carboxylic acids is 1. The van der Waals surface area contributed by atoms with E-state index >= 15 is 0 Å². The predicted octanol–water partition coefficient (Wildman–Crippen LogP) is 0.285. The van der Waals surface area contributed by atoms with Crippen molar-refractivity contribution in [2.75, 3.05) is 38.1 Å². The molecule has 0 radical (unpaired) electrons. The van der Waals surface area contributed by atoms with Crippen LogP contribution in [0.25, 0.3) is 0 Å². The SMILES string of the molecule is C#CCCNC(=NC)N1CCN(c2cnn(C)c2)C(=O)C1.I. The molecule has 0 atom stereocenters. The Bertz CT molecular complexity index is 576. The molecule has 7 nitrogen and oxygen atoms in total. The van der Waals surface area contributed by atoms with Gasteiger partial charge in [0.1, 0.15) is 6.54 Å². The van der Waals surface area contributed by atoms with Gasteiger partial charge in [-0.3, -0.25) is 14.5 Å². The molecule has 1 fully saturated rings. The summed E-state index contributed by atoms with van der Waals surface area (Å²) >= 11 is 0. The zero-order chi connectivity index (χ0) is 15.2. The molecule has 0 aromatic carbocycles. The van der Waals surface area contributed by atoms with Gasteiger partial charge in [-0.25, -0.2) is 0 Å². The third-order valence-corrected chi connectivity index (χ3v) is 3.29. The molecule has 120 valence electrons. The number of aliphatic imine (C=N–C) groups is 1. The Kier molecular flexibility index (Phi) is 7.17. The number of anilines is 1. The summed E-state index contributed by atoms with van der Waals surface area (Å²) in [6, 6.07) is 0. The van der Waals surface area contributed by atoms with Gasteiger partial charge < -0.3 is 15.1 Å². The highest BCUT2D eigenvalue weighted by Crippen LogP contribution is 2.15. The van der Waals surface area contributed by atoms with Crippen molar-refractivity contribution >= 4 is 41.5 Å². The molecule has 2 rings (SSSR count). The second-order valence-corrected chi connectivity index (χ2v) is 4.77. The van der Waals surface area contributed by atoms with E-state index < -0.39 is 0 Å². The van der Waals surface area contributed by atoms with Crippen LogP contribution in [0.4, 0.5) is 5.69 Å². The third kappa shape index (κ3) is 4.37. The van der Waals surface area contributed by atoms with Crippen molar-refractivity contribution in [3.05, 3.63) is 12.4 Å². The molecule has 1 aliphatic rings. The normalized spacial score (nSPS) is 15.3. The quantitative estimate of drug-likeness (QED) is 0.253. The Balaban J connectivity index is 0.00000242. The van der Waals surface area contributed by atoms with E-state index in [-0.39, 0.29) is 29.9 Å². The number of hydrogen-bond donors (Lipinski definition) is 1. The molecule has 1 N–H and O–H groups in total. The molecule has 1 saturated heterocycles. The van der Waals surface area contributed by atoms with E-state index in [0.29, 0.717) is 32.0 Å². The summed E-state index contributed by atoms with van der Waals surface area (Å²) in [5, 5.41) is 7.27. The number of piperazine rings is 1. The lowest BCUT2D eigenvalue weighted by molar-refractivity contribution is -0.120. The Hall–Kier alpha value is -1.76.